The van der Waals surface area contributed by atoms with E-state index in [1.54, 1.807) is 0 Å². The van der Waals surface area contributed by atoms with Crippen molar-refractivity contribution in [1.82, 2.24) is 14.7 Å². The fraction of sp³-hybridized carbons (Fsp3) is 0.812. The van der Waals surface area contributed by atoms with Crippen molar-refractivity contribution in [3.8, 4) is 0 Å². The number of hydrogen-bond donors (Lipinski definition) is 0. The molecule has 1 aliphatic rings. The molecule has 0 aliphatic carbocycles. The maximum Gasteiger partial charge on any atom is 0.0785 e. The number of thioether (sulfide) groups is 1. The van der Waals surface area contributed by atoms with Crippen LogP contribution < -0.4 is 0 Å². The van der Waals surface area contributed by atoms with Gasteiger partial charge in [-0.25, -0.2) is 0 Å². The molecule has 0 N–H and O–H groups in total. The van der Waals surface area contributed by atoms with E-state index in [9.17, 15) is 4.39 Å². The molecule has 124 valence electrons. The van der Waals surface area contributed by atoms with E-state index in [1.165, 1.54) is 31.4 Å². The zero-order chi connectivity index (χ0) is 16.1. The van der Waals surface area contributed by atoms with Crippen LogP contribution in [-0.2, 0) is 13.1 Å². The van der Waals surface area contributed by atoms with Crippen LogP contribution in [0.15, 0.2) is 12.4 Å². The summed E-state index contributed by atoms with van der Waals surface area (Å²) in [5, 5.41) is 4.42. The second kappa shape index (κ2) is 13.1. The molecule has 2 heterocycles. The Morgan fingerprint density at radius 2 is 2.05 bits per heavy atom. The minimum atomic E-state index is 0.500. The van der Waals surface area contributed by atoms with Crippen LogP contribution in [0.1, 0.15) is 45.6 Å². The van der Waals surface area contributed by atoms with E-state index >= 15 is 0 Å². The van der Waals surface area contributed by atoms with Crippen molar-refractivity contribution in [3.63, 3.8) is 0 Å². The Morgan fingerprint density at radius 1 is 1.33 bits per heavy atom. The van der Waals surface area contributed by atoms with Crippen LogP contribution in [0.2, 0.25) is 0 Å². The van der Waals surface area contributed by atoms with Gasteiger partial charge in [-0.1, -0.05) is 20.3 Å². The SMILES string of the molecule is CC.CF.CSCCn1cc(CN2CCCC[C@@H]2C)cn1. The third-order valence-electron chi connectivity index (χ3n) is 3.54. The first kappa shape index (κ1) is 20.5. The van der Waals surface area contributed by atoms with Gasteiger partial charge in [-0.3, -0.25) is 14.0 Å². The Hall–Kier alpha value is -0.550. The number of rotatable bonds is 5. The predicted molar refractivity (Wildman–Crippen MR) is 92.7 cm³/mol. The average molecular weight is 318 g/mol. The van der Waals surface area contributed by atoms with E-state index in [2.05, 4.69) is 34.1 Å². The number of nitrogens with zero attached hydrogens (tertiary/aromatic N) is 3. The Labute approximate surface area is 134 Å². The van der Waals surface area contributed by atoms with Crippen LogP contribution >= 0.6 is 11.8 Å². The zero-order valence-corrected chi connectivity index (χ0v) is 15.1. The maximum atomic E-state index is 9.50. The molecule has 0 saturated carbocycles. The van der Waals surface area contributed by atoms with Gasteiger partial charge in [-0.05, 0) is 32.6 Å². The Balaban J connectivity index is 0.000000921. The van der Waals surface area contributed by atoms with Gasteiger partial charge in [0.15, 0.2) is 0 Å². The lowest BCUT2D eigenvalue weighted by Crippen LogP contribution is -2.36. The summed E-state index contributed by atoms with van der Waals surface area (Å²) in [6.45, 7) is 9.69. The smallest absolute Gasteiger partial charge is 0.0785 e. The molecule has 5 heteroatoms. The third kappa shape index (κ3) is 7.86. The zero-order valence-electron chi connectivity index (χ0n) is 14.3. The normalized spacial score (nSPS) is 18.3. The summed E-state index contributed by atoms with van der Waals surface area (Å²) in [6, 6.07) is 0.735. The summed E-state index contributed by atoms with van der Waals surface area (Å²) in [4.78, 5) is 2.58. The van der Waals surface area contributed by atoms with E-state index < -0.39 is 0 Å². The lowest BCUT2D eigenvalue weighted by molar-refractivity contribution is 0.152. The molecule has 0 amide bonds. The Kier molecular flexibility index (Phi) is 12.8. The third-order valence-corrected chi connectivity index (χ3v) is 4.13. The number of alkyl halides is 1. The lowest BCUT2D eigenvalue weighted by Gasteiger charge is -2.32. The minimum absolute atomic E-state index is 0.500. The van der Waals surface area contributed by atoms with Crippen molar-refractivity contribution in [2.75, 3.05) is 25.7 Å². The standard InChI is InChI=1S/C13H23N3S.C2H6.CH3F/c1-12-5-3-4-6-15(12)10-13-9-14-16(11-13)7-8-17-2;2*1-2/h9,11-12H,3-8,10H2,1-2H3;1-2H3;1H3/t12-;;/m0../s1. The summed E-state index contributed by atoms with van der Waals surface area (Å²) in [7, 11) is 0.500. The van der Waals surface area contributed by atoms with Gasteiger partial charge in [0.1, 0.15) is 0 Å². The number of likely N-dealkylation sites (tertiary alicyclic amines) is 1. The van der Waals surface area contributed by atoms with Crippen LogP contribution in [0.25, 0.3) is 0 Å². The average Bonchev–Trinajstić information content (AvgIpc) is 2.99. The Morgan fingerprint density at radius 3 is 2.67 bits per heavy atom. The molecule has 1 aromatic rings. The van der Waals surface area contributed by atoms with Crippen molar-refractivity contribution in [3.05, 3.63) is 18.0 Å². The van der Waals surface area contributed by atoms with Gasteiger partial charge in [0.25, 0.3) is 0 Å². The van der Waals surface area contributed by atoms with Gasteiger partial charge in [0.05, 0.1) is 13.4 Å². The van der Waals surface area contributed by atoms with Crippen molar-refractivity contribution in [2.24, 2.45) is 0 Å². The summed E-state index contributed by atoms with van der Waals surface area (Å²) >= 11 is 1.87. The summed E-state index contributed by atoms with van der Waals surface area (Å²) in [5.74, 6) is 1.14. The highest BCUT2D eigenvalue weighted by Crippen LogP contribution is 2.18. The molecule has 2 rings (SSSR count). The monoisotopic (exact) mass is 317 g/mol. The fourth-order valence-corrected chi connectivity index (χ4v) is 2.79. The molecule has 0 unspecified atom stereocenters. The lowest BCUT2D eigenvalue weighted by atomic mass is 10.0. The largest absolute Gasteiger partial charge is 0.296 e. The number of aromatic nitrogens is 2. The molecule has 1 fully saturated rings. The first-order chi connectivity index (χ1) is 10.3. The van der Waals surface area contributed by atoms with E-state index in [0.29, 0.717) is 7.18 Å². The van der Waals surface area contributed by atoms with Gasteiger partial charge >= 0.3 is 0 Å². The molecule has 1 atom stereocenters. The molecular formula is C16H32FN3S. The molecule has 0 aromatic carbocycles. The minimum Gasteiger partial charge on any atom is -0.296 e. The van der Waals surface area contributed by atoms with E-state index in [0.717, 1.165) is 24.9 Å². The van der Waals surface area contributed by atoms with Crippen LogP contribution in [0.4, 0.5) is 4.39 Å². The number of aryl methyl sites for hydroxylation is 1. The molecule has 0 radical (unpaired) electrons. The summed E-state index contributed by atoms with van der Waals surface area (Å²) in [6.07, 6.45) is 10.5. The van der Waals surface area contributed by atoms with Gasteiger partial charge < -0.3 is 0 Å². The van der Waals surface area contributed by atoms with E-state index in [4.69, 9.17) is 0 Å². The van der Waals surface area contributed by atoms with Crippen LogP contribution in [0.3, 0.4) is 0 Å². The van der Waals surface area contributed by atoms with Gasteiger partial charge in [0.2, 0.25) is 0 Å². The predicted octanol–water partition coefficient (Wildman–Crippen LogP) is 4.23. The highest BCUT2D eigenvalue weighted by Gasteiger charge is 2.18. The molecular weight excluding hydrogens is 285 g/mol. The highest BCUT2D eigenvalue weighted by molar-refractivity contribution is 7.98. The number of halogens is 1. The molecule has 1 aliphatic heterocycles. The number of piperidine rings is 1. The quantitative estimate of drug-likeness (QED) is 0.811. The van der Waals surface area contributed by atoms with E-state index in [1.807, 2.05) is 31.8 Å². The topological polar surface area (TPSA) is 21.1 Å². The highest BCUT2D eigenvalue weighted by atomic mass is 32.2. The second-order valence-electron chi connectivity index (χ2n) is 4.92. The molecule has 1 aromatic heterocycles. The van der Waals surface area contributed by atoms with Crippen molar-refractivity contribution >= 4 is 11.8 Å². The first-order valence-corrected chi connectivity index (χ1v) is 9.31. The molecule has 3 nitrogen and oxygen atoms in total. The molecule has 21 heavy (non-hydrogen) atoms. The molecule has 0 spiro atoms. The van der Waals surface area contributed by atoms with E-state index in [-0.39, 0.29) is 0 Å². The second-order valence-corrected chi connectivity index (χ2v) is 5.91. The summed E-state index contributed by atoms with van der Waals surface area (Å²) < 4.78 is 11.6. The van der Waals surface area contributed by atoms with Crippen LogP contribution in [0.5, 0.6) is 0 Å². The fourth-order valence-electron chi connectivity index (χ4n) is 2.42. The van der Waals surface area contributed by atoms with Gasteiger partial charge in [-0.15, -0.1) is 0 Å². The van der Waals surface area contributed by atoms with Crippen molar-refractivity contribution in [1.29, 1.82) is 0 Å². The summed E-state index contributed by atoms with van der Waals surface area (Å²) in [5.41, 5.74) is 1.36. The molecule has 0 bridgehead atoms. The van der Waals surface area contributed by atoms with Crippen LogP contribution in [-0.4, -0.2) is 46.5 Å². The molecule has 1 saturated heterocycles. The van der Waals surface area contributed by atoms with Gasteiger partial charge in [-0.2, -0.15) is 16.9 Å². The number of hydrogen-bond acceptors (Lipinski definition) is 3. The van der Waals surface area contributed by atoms with Crippen LogP contribution in [0, 0.1) is 0 Å². The van der Waals surface area contributed by atoms with Gasteiger partial charge in [0, 0.05) is 36.6 Å². The first-order valence-electron chi connectivity index (χ1n) is 7.91. The Bertz CT molecular complexity index is 344. The van der Waals surface area contributed by atoms with Crippen molar-refractivity contribution < 1.29 is 4.39 Å². The maximum absolute atomic E-state index is 9.50. The van der Waals surface area contributed by atoms with Crippen molar-refractivity contribution in [2.45, 2.75) is 59.2 Å².